The maximum atomic E-state index is 13.6. The fraction of sp³-hybridized carbons (Fsp3) is 0.556. The van der Waals surface area contributed by atoms with Gasteiger partial charge in [-0.1, -0.05) is 24.6 Å². The fourth-order valence-electron chi connectivity index (χ4n) is 4.86. The largest absolute Gasteiger partial charge is 0.491 e. The third-order valence-corrected chi connectivity index (χ3v) is 7.73. The lowest BCUT2D eigenvalue weighted by molar-refractivity contribution is -0.135. The summed E-state index contributed by atoms with van der Waals surface area (Å²) >= 11 is 1.73. The van der Waals surface area contributed by atoms with Crippen molar-refractivity contribution in [2.75, 3.05) is 39.4 Å². The Morgan fingerprint density at radius 3 is 2.89 bits per heavy atom. The van der Waals surface area contributed by atoms with E-state index in [-0.39, 0.29) is 30.6 Å². The molecule has 3 amide bonds. The maximum Gasteiger partial charge on any atom is 0.317 e. The molecule has 1 N–H and O–H groups in total. The van der Waals surface area contributed by atoms with Crippen LogP contribution in [0, 0.1) is 13.8 Å². The topological polar surface area (TPSA) is 71.1 Å². The quantitative estimate of drug-likeness (QED) is 0.553. The van der Waals surface area contributed by atoms with Crippen LogP contribution in [0.15, 0.2) is 29.6 Å². The molecule has 1 aromatic heterocycles. The first-order valence-corrected chi connectivity index (χ1v) is 13.5. The van der Waals surface area contributed by atoms with Gasteiger partial charge in [-0.25, -0.2) is 4.79 Å². The van der Waals surface area contributed by atoms with E-state index < -0.39 is 0 Å². The van der Waals surface area contributed by atoms with Gasteiger partial charge in [-0.3, -0.25) is 4.79 Å². The molecule has 1 fully saturated rings. The molecule has 4 rings (SSSR count). The van der Waals surface area contributed by atoms with E-state index in [1.54, 1.807) is 16.2 Å². The van der Waals surface area contributed by atoms with E-state index in [2.05, 4.69) is 29.8 Å². The number of nitrogens with one attached hydrogen (secondary N) is 1. The SMILES string of the molecule is CCCNC(=O)N(CC(=O)N1CCc2sccc2[C@@H]1COc1ccc(C)cc1C)C[C@@H]1CCCO1. The minimum absolute atomic E-state index is 0.0105. The normalized spacial score (nSPS) is 19.3. The molecule has 1 saturated heterocycles. The molecule has 0 unspecified atom stereocenters. The summed E-state index contributed by atoms with van der Waals surface area (Å²) in [5.74, 6) is 0.782. The standard InChI is InChI=1S/C27H37N3O4S/c1-4-11-28-27(32)29(16-21-6-5-13-33-21)17-26(31)30-12-9-25-22(10-14-35-25)23(30)18-34-24-8-7-19(2)15-20(24)3/h7-8,10,14-15,21,23H,4-6,9,11-13,16-18H2,1-3H3,(H,28,32)/t21-,23-/m0/s1. The molecule has 0 bridgehead atoms. The van der Waals surface area contributed by atoms with Gasteiger partial charge in [-0.15, -0.1) is 11.3 Å². The van der Waals surface area contributed by atoms with Crippen molar-refractivity contribution in [1.29, 1.82) is 0 Å². The molecule has 2 aliphatic rings. The van der Waals surface area contributed by atoms with Gasteiger partial charge in [0.25, 0.3) is 0 Å². The zero-order chi connectivity index (χ0) is 24.8. The van der Waals surface area contributed by atoms with Gasteiger partial charge in [0.05, 0.1) is 12.1 Å². The van der Waals surface area contributed by atoms with E-state index in [0.29, 0.717) is 32.8 Å². The summed E-state index contributed by atoms with van der Waals surface area (Å²) in [6.07, 6.45) is 3.57. The Bertz CT molecular complexity index is 1020. The third-order valence-electron chi connectivity index (χ3n) is 6.73. The van der Waals surface area contributed by atoms with Gasteiger partial charge in [0, 0.05) is 31.1 Å². The summed E-state index contributed by atoms with van der Waals surface area (Å²) in [4.78, 5) is 31.4. The van der Waals surface area contributed by atoms with Gasteiger partial charge >= 0.3 is 6.03 Å². The number of nitrogens with zero attached hydrogens (tertiary/aromatic N) is 2. The Kier molecular flexibility index (Phi) is 8.68. The smallest absolute Gasteiger partial charge is 0.317 e. The lowest BCUT2D eigenvalue weighted by Gasteiger charge is -2.37. The van der Waals surface area contributed by atoms with Crippen molar-refractivity contribution < 1.29 is 19.1 Å². The van der Waals surface area contributed by atoms with Crippen LogP contribution in [0.1, 0.15) is 53.8 Å². The van der Waals surface area contributed by atoms with Crippen molar-refractivity contribution in [2.24, 2.45) is 0 Å². The number of carbonyl (C=O) groups is 2. The average molecular weight is 500 g/mol. The van der Waals surface area contributed by atoms with E-state index >= 15 is 0 Å². The summed E-state index contributed by atoms with van der Waals surface area (Å²) in [5, 5.41) is 5.02. The number of amides is 3. The van der Waals surface area contributed by atoms with Crippen molar-refractivity contribution in [1.82, 2.24) is 15.1 Å². The summed E-state index contributed by atoms with van der Waals surface area (Å²) < 4.78 is 12.0. The van der Waals surface area contributed by atoms with Gasteiger partial charge < -0.3 is 24.6 Å². The zero-order valence-corrected chi connectivity index (χ0v) is 21.9. The second-order valence-corrected chi connectivity index (χ2v) is 10.5. The van der Waals surface area contributed by atoms with Crippen LogP contribution in [-0.2, 0) is 16.0 Å². The second kappa shape index (κ2) is 11.9. The van der Waals surface area contributed by atoms with Crippen molar-refractivity contribution in [3.8, 4) is 5.75 Å². The van der Waals surface area contributed by atoms with Crippen LogP contribution in [0.4, 0.5) is 4.79 Å². The lowest BCUT2D eigenvalue weighted by Crippen LogP contribution is -2.51. The van der Waals surface area contributed by atoms with Crippen LogP contribution in [-0.4, -0.2) is 67.2 Å². The van der Waals surface area contributed by atoms with Gasteiger partial charge in [0.2, 0.25) is 5.91 Å². The van der Waals surface area contributed by atoms with Gasteiger partial charge in [-0.05, 0) is 68.2 Å². The predicted octanol–water partition coefficient (Wildman–Crippen LogP) is 4.47. The second-order valence-electron chi connectivity index (χ2n) is 9.48. The van der Waals surface area contributed by atoms with Crippen LogP contribution >= 0.6 is 11.3 Å². The summed E-state index contributed by atoms with van der Waals surface area (Å²) in [5.41, 5.74) is 3.43. The average Bonchev–Trinajstić information content (AvgIpc) is 3.53. The maximum absolute atomic E-state index is 13.6. The molecule has 2 aliphatic heterocycles. The highest BCUT2D eigenvalue weighted by molar-refractivity contribution is 7.10. The van der Waals surface area contributed by atoms with E-state index in [4.69, 9.17) is 9.47 Å². The van der Waals surface area contributed by atoms with E-state index in [1.165, 1.54) is 10.4 Å². The van der Waals surface area contributed by atoms with E-state index in [0.717, 1.165) is 42.6 Å². The van der Waals surface area contributed by atoms with Gasteiger partial charge in [-0.2, -0.15) is 0 Å². The van der Waals surface area contributed by atoms with Crippen LogP contribution in [0.25, 0.3) is 0 Å². The summed E-state index contributed by atoms with van der Waals surface area (Å²) in [7, 11) is 0. The zero-order valence-electron chi connectivity index (χ0n) is 21.0. The minimum Gasteiger partial charge on any atom is -0.491 e. The van der Waals surface area contributed by atoms with E-state index in [1.807, 2.05) is 30.9 Å². The van der Waals surface area contributed by atoms with E-state index in [9.17, 15) is 9.59 Å². The molecule has 35 heavy (non-hydrogen) atoms. The Morgan fingerprint density at radius 2 is 2.14 bits per heavy atom. The molecule has 2 atom stereocenters. The molecule has 0 saturated carbocycles. The number of ether oxygens (including phenoxy) is 2. The molecule has 0 spiro atoms. The first-order valence-electron chi connectivity index (χ1n) is 12.7. The molecule has 8 heteroatoms. The van der Waals surface area contributed by atoms with Crippen LogP contribution in [0.3, 0.4) is 0 Å². The number of fused-ring (bicyclic) bond motifs is 1. The number of benzene rings is 1. The molecule has 1 aromatic carbocycles. The highest BCUT2D eigenvalue weighted by Crippen LogP contribution is 2.34. The van der Waals surface area contributed by atoms with Crippen molar-refractivity contribution >= 4 is 23.3 Å². The van der Waals surface area contributed by atoms with Gasteiger partial charge in [0.1, 0.15) is 18.9 Å². The Balaban J connectivity index is 1.49. The molecular formula is C27H37N3O4S. The lowest BCUT2D eigenvalue weighted by atomic mass is 10.00. The first-order chi connectivity index (χ1) is 17.0. The van der Waals surface area contributed by atoms with Crippen molar-refractivity contribution in [3.05, 3.63) is 51.2 Å². The number of aryl methyl sites for hydroxylation is 2. The van der Waals surface area contributed by atoms with Crippen molar-refractivity contribution in [2.45, 2.75) is 58.6 Å². The Hall–Kier alpha value is -2.58. The molecule has 0 aliphatic carbocycles. The molecular weight excluding hydrogens is 462 g/mol. The fourth-order valence-corrected chi connectivity index (χ4v) is 5.78. The van der Waals surface area contributed by atoms with Crippen LogP contribution < -0.4 is 10.1 Å². The third kappa shape index (κ3) is 6.35. The highest BCUT2D eigenvalue weighted by Gasteiger charge is 2.34. The molecule has 2 aromatic rings. The summed E-state index contributed by atoms with van der Waals surface area (Å²) in [6.45, 7) is 8.90. The molecule has 3 heterocycles. The molecule has 0 radical (unpaired) electrons. The first kappa shape index (κ1) is 25.5. The Morgan fingerprint density at radius 1 is 1.29 bits per heavy atom. The number of hydrogen-bond donors (Lipinski definition) is 1. The van der Waals surface area contributed by atoms with Crippen molar-refractivity contribution in [3.63, 3.8) is 0 Å². The van der Waals surface area contributed by atoms with Gasteiger partial charge in [0.15, 0.2) is 0 Å². The number of thiophene rings is 1. The number of hydrogen-bond acceptors (Lipinski definition) is 5. The Labute approximate surface area is 212 Å². The number of rotatable bonds is 9. The predicted molar refractivity (Wildman–Crippen MR) is 138 cm³/mol. The minimum atomic E-state index is -0.202. The molecule has 7 nitrogen and oxygen atoms in total. The highest BCUT2D eigenvalue weighted by atomic mass is 32.1. The number of carbonyl (C=O) groups excluding carboxylic acids is 2. The van der Waals surface area contributed by atoms with Crippen LogP contribution in [0.5, 0.6) is 5.75 Å². The van der Waals surface area contributed by atoms with Crippen LogP contribution in [0.2, 0.25) is 0 Å². The summed E-state index contributed by atoms with van der Waals surface area (Å²) in [6, 6.07) is 7.87. The monoisotopic (exact) mass is 499 g/mol. The molecule has 190 valence electrons. The number of urea groups is 1.